The van der Waals surface area contributed by atoms with Crippen molar-refractivity contribution in [1.82, 2.24) is 5.32 Å². The first-order chi connectivity index (χ1) is 6.15. The first-order valence-corrected chi connectivity index (χ1v) is 4.29. The number of aliphatic hydroxyl groups excluding tert-OH is 1. The molecule has 1 aromatic rings. The lowest BCUT2D eigenvalue weighted by atomic mass is 10.0. The zero-order valence-electron chi connectivity index (χ0n) is 7.86. The molecule has 0 saturated heterocycles. The van der Waals surface area contributed by atoms with Crippen LogP contribution in [-0.2, 0) is 0 Å². The van der Waals surface area contributed by atoms with E-state index in [-0.39, 0.29) is 11.8 Å². The molecule has 0 unspecified atom stereocenters. The molecular formula is C10H15NO2. The topological polar surface area (TPSA) is 52.5 Å². The maximum absolute atomic E-state index is 9.74. The van der Waals surface area contributed by atoms with Crippen molar-refractivity contribution in [2.45, 2.75) is 19.1 Å². The monoisotopic (exact) mass is 181 g/mol. The summed E-state index contributed by atoms with van der Waals surface area (Å²) in [5, 5.41) is 21.7. The van der Waals surface area contributed by atoms with Crippen LogP contribution in [0, 0.1) is 0 Å². The Bertz CT molecular complexity index is 258. The molecule has 3 N–H and O–H groups in total. The lowest BCUT2D eigenvalue weighted by Gasteiger charge is -2.18. The molecule has 72 valence electrons. The van der Waals surface area contributed by atoms with E-state index < -0.39 is 6.10 Å². The predicted octanol–water partition coefficient (Wildman–Crippen LogP) is 1.03. The molecular weight excluding hydrogens is 166 g/mol. The van der Waals surface area contributed by atoms with Crippen LogP contribution in [0.3, 0.4) is 0 Å². The summed E-state index contributed by atoms with van der Waals surface area (Å²) in [5.74, 6) is 0.216. The molecule has 2 atom stereocenters. The van der Waals surface area contributed by atoms with Gasteiger partial charge >= 0.3 is 0 Å². The van der Waals surface area contributed by atoms with Crippen molar-refractivity contribution in [3.8, 4) is 5.75 Å². The average Bonchev–Trinajstić information content (AvgIpc) is 2.17. The van der Waals surface area contributed by atoms with E-state index in [2.05, 4.69) is 5.32 Å². The van der Waals surface area contributed by atoms with Crippen molar-refractivity contribution < 1.29 is 10.2 Å². The molecule has 3 heteroatoms. The summed E-state index contributed by atoms with van der Waals surface area (Å²) in [6, 6.07) is 6.58. The minimum Gasteiger partial charge on any atom is -0.508 e. The van der Waals surface area contributed by atoms with Gasteiger partial charge in [-0.15, -0.1) is 0 Å². The fourth-order valence-corrected chi connectivity index (χ4v) is 1.12. The summed E-state index contributed by atoms with van der Waals surface area (Å²) in [4.78, 5) is 0. The summed E-state index contributed by atoms with van der Waals surface area (Å²) in [6.07, 6.45) is -0.536. The quantitative estimate of drug-likeness (QED) is 0.653. The fraction of sp³-hybridized carbons (Fsp3) is 0.400. The van der Waals surface area contributed by atoms with Crippen LogP contribution < -0.4 is 5.32 Å². The van der Waals surface area contributed by atoms with Gasteiger partial charge < -0.3 is 15.5 Å². The van der Waals surface area contributed by atoms with Crippen LogP contribution in [-0.4, -0.2) is 23.3 Å². The molecule has 0 radical (unpaired) electrons. The van der Waals surface area contributed by atoms with E-state index in [1.54, 1.807) is 31.3 Å². The fourth-order valence-electron chi connectivity index (χ4n) is 1.12. The smallest absolute Gasteiger partial charge is 0.115 e. The first-order valence-electron chi connectivity index (χ1n) is 4.29. The van der Waals surface area contributed by atoms with E-state index in [0.29, 0.717) is 0 Å². The maximum atomic E-state index is 9.74. The van der Waals surface area contributed by atoms with Crippen molar-refractivity contribution in [2.24, 2.45) is 0 Å². The van der Waals surface area contributed by atoms with E-state index in [1.807, 2.05) is 6.92 Å². The molecule has 0 aliphatic heterocycles. The van der Waals surface area contributed by atoms with E-state index >= 15 is 0 Å². The normalized spacial score (nSPS) is 15.3. The minimum atomic E-state index is -0.536. The summed E-state index contributed by atoms with van der Waals surface area (Å²) in [7, 11) is 1.80. The van der Waals surface area contributed by atoms with Crippen molar-refractivity contribution in [1.29, 1.82) is 0 Å². The van der Waals surface area contributed by atoms with Crippen LogP contribution in [0.15, 0.2) is 24.3 Å². The van der Waals surface area contributed by atoms with Crippen LogP contribution >= 0.6 is 0 Å². The van der Waals surface area contributed by atoms with Gasteiger partial charge in [0.2, 0.25) is 0 Å². The summed E-state index contributed by atoms with van der Waals surface area (Å²) < 4.78 is 0. The second-order valence-electron chi connectivity index (χ2n) is 3.11. The Hall–Kier alpha value is -1.06. The zero-order chi connectivity index (χ0) is 9.84. The lowest BCUT2D eigenvalue weighted by molar-refractivity contribution is 0.140. The standard InChI is InChI=1S/C10H15NO2/c1-7(11-2)10(13)8-3-5-9(12)6-4-8/h3-7,10-13H,1-2H3/t7-,10-/m1/s1. The van der Waals surface area contributed by atoms with Gasteiger partial charge in [0.15, 0.2) is 0 Å². The number of hydrogen-bond acceptors (Lipinski definition) is 3. The summed E-state index contributed by atoms with van der Waals surface area (Å²) in [6.45, 7) is 1.90. The third-order valence-corrected chi connectivity index (χ3v) is 2.16. The van der Waals surface area contributed by atoms with Crippen molar-refractivity contribution in [3.05, 3.63) is 29.8 Å². The molecule has 0 fully saturated rings. The Balaban J connectivity index is 2.77. The predicted molar refractivity (Wildman–Crippen MR) is 51.6 cm³/mol. The van der Waals surface area contributed by atoms with E-state index in [4.69, 9.17) is 5.11 Å². The number of rotatable bonds is 3. The van der Waals surface area contributed by atoms with E-state index in [1.165, 1.54) is 0 Å². The Morgan fingerprint density at radius 2 is 1.77 bits per heavy atom. The number of benzene rings is 1. The molecule has 0 heterocycles. The molecule has 0 aliphatic rings. The maximum Gasteiger partial charge on any atom is 0.115 e. The number of hydrogen-bond donors (Lipinski definition) is 3. The Kier molecular flexibility index (Phi) is 3.28. The largest absolute Gasteiger partial charge is 0.508 e. The molecule has 0 aromatic heterocycles. The number of phenolic OH excluding ortho intramolecular Hbond substituents is 1. The highest BCUT2D eigenvalue weighted by molar-refractivity contribution is 5.27. The van der Waals surface area contributed by atoms with Crippen LogP contribution in [0.25, 0.3) is 0 Å². The Morgan fingerprint density at radius 3 is 2.23 bits per heavy atom. The Labute approximate surface area is 78.0 Å². The lowest BCUT2D eigenvalue weighted by Crippen LogP contribution is -2.28. The van der Waals surface area contributed by atoms with Gasteiger partial charge in [0.25, 0.3) is 0 Å². The van der Waals surface area contributed by atoms with Gasteiger partial charge in [-0.1, -0.05) is 12.1 Å². The molecule has 0 saturated carbocycles. The molecule has 0 bridgehead atoms. The molecule has 3 nitrogen and oxygen atoms in total. The van der Waals surface area contributed by atoms with Crippen LogP contribution in [0.5, 0.6) is 5.75 Å². The van der Waals surface area contributed by atoms with Gasteiger partial charge in [0.05, 0.1) is 6.10 Å². The number of phenols is 1. The van der Waals surface area contributed by atoms with Crippen molar-refractivity contribution >= 4 is 0 Å². The van der Waals surface area contributed by atoms with E-state index in [0.717, 1.165) is 5.56 Å². The minimum absolute atomic E-state index is 0.00421. The second kappa shape index (κ2) is 4.25. The highest BCUT2D eigenvalue weighted by atomic mass is 16.3. The molecule has 0 spiro atoms. The van der Waals surface area contributed by atoms with Crippen LogP contribution in [0.4, 0.5) is 0 Å². The molecule has 1 rings (SSSR count). The SMILES string of the molecule is CN[C@H](C)[C@@H](O)c1ccc(O)cc1. The van der Waals surface area contributed by atoms with Crippen molar-refractivity contribution in [3.63, 3.8) is 0 Å². The molecule has 13 heavy (non-hydrogen) atoms. The third kappa shape index (κ3) is 2.44. The zero-order valence-corrected chi connectivity index (χ0v) is 7.86. The van der Waals surface area contributed by atoms with Gasteiger partial charge in [0, 0.05) is 6.04 Å². The van der Waals surface area contributed by atoms with Gasteiger partial charge in [-0.05, 0) is 31.7 Å². The second-order valence-corrected chi connectivity index (χ2v) is 3.11. The van der Waals surface area contributed by atoms with Gasteiger partial charge in [0.1, 0.15) is 5.75 Å². The molecule has 1 aromatic carbocycles. The van der Waals surface area contributed by atoms with Gasteiger partial charge in [-0.25, -0.2) is 0 Å². The van der Waals surface area contributed by atoms with E-state index in [9.17, 15) is 5.11 Å². The molecule has 0 amide bonds. The Morgan fingerprint density at radius 1 is 1.23 bits per heavy atom. The average molecular weight is 181 g/mol. The van der Waals surface area contributed by atoms with Crippen molar-refractivity contribution in [2.75, 3.05) is 7.05 Å². The number of likely N-dealkylation sites (N-methyl/N-ethyl adjacent to an activating group) is 1. The summed E-state index contributed by atoms with van der Waals surface area (Å²) in [5.41, 5.74) is 0.805. The van der Waals surface area contributed by atoms with Crippen LogP contribution in [0.1, 0.15) is 18.6 Å². The highest BCUT2D eigenvalue weighted by Gasteiger charge is 2.13. The van der Waals surface area contributed by atoms with Gasteiger partial charge in [-0.3, -0.25) is 0 Å². The van der Waals surface area contributed by atoms with Gasteiger partial charge in [-0.2, -0.15) is 0 Å². The third-order valence-electron chi connectivity index (χ3n) is 2.16. The first kappa shape index (κ1) is 10.0. The number of aliphatic hydroxyl groups is 1. The number of aromatic hydroxyl groups is 1. The van der Waals surface area contributed by atoms with Crippen LogP contribution in [0.2, 0.25) is 0 Å². The molecule has 0 aliphatic carbocycles. The number of nitrogens with one attached hydrogen (secondary N) is 1. The highest BCUT2D eigenvalue weighted by Crippen LogP contribution is 2.19. The summed E-state index contributed by atoms with van der Waals surface area (Å²) >= 11 is 0.